The Bertz CT molecular complexity index is 584. The minimum Gasteiger partial charge on any atom is -0.344 e. The van der Waals surface area contributed by atoms with Crippen LogP contribution in [-0.2, 0) is 6.42 Å². The van der Waals surface area contributed by atoms with Gasteiger partial charge in [-0.25, -0.2) is 0 Å². The third kappa shape index (κ3) is 3.85. The van der Waals surface area contributed by atoms with E-state index >= 15 is 0 Å². The van der Waals surface area contributed by atoms with Gasteiger partial charge in [0.15, 0.2) is 0 Å². The first kappa shape index (κ1) is 15.6. The number of hydrogen-bond acceptors (Lipinski definition) is 2. The van der Waals surface area contributed by atoms with Gasteiger partial charge in [-0.05, 0) is 61.6 Å². The number of nitrogens with two attached hydrogens (primary N) is 1. The van der Waals surface area contributed by atoms with Crippen LogP contribution >= 0.6 is 0 Å². The van der Waals surface area contributed by atoms with Crippen LogP contribution in [0.4, 0.5) is 11.4 Å². The van der Waals surface area contributed by atoms with Crippen LogP contribution in [0.2, 0.25) is 0 Å². The summed E-state index contributed by atoms with van der Waals surface area (Å²) in [7, 11) is 2.13. The van der Waals surface area contributed by atoms with Gasteiger partial charge in [0.25, 0.3) is 0 Å². The first-order valence-corrected chi connectivity index (χ1v) is 7.66. The molecule has 1 atom stereocenters. The highest BCUT2D eigenvalue weighted by molar-refractivity contribution is 5.67. The summed E-state index contributed by atoms with van der Waals surface area (Å²) < 4.78 is 0. The van der Waals surface area contributed by atoms with E-state index in [9.17, 15) is 0 Å². The van der Waals surface area contributed by atoms with Crippen molar-refractivity contribution in [3.63, 3.8) is 0 Å². The van der Waals surface area contributed by atoms with Crippen molar-refractivity contribution in [2.45, 2.75) is 39.7 Å². The van der Waals surface area contributed by atoms with Gasteiger partial charge in [-0.15, -0.1) is 0 Å². The first-order chi connectivity index (χ1) is 10.0. The van der Waals surface area contributed by atoms with E-state index in [-0.39, 0.29) is 6.04 Å². The fourth-order valence-corrected chi connectivity index (χ4v) is 2.72. The van der Waals surface area contributed by atoms with Gasteiger partial charge in [0.05, 0.1) is 0 Å². The summed E-state index contributed by atoms with van der Waals surface area (Å²) >= 11 is 0. The Morgan fingerprint density at radius 3 is 2.29 bits per heavy atom. The van der Waals surface area contributed by atoms with E-state index in [1.54, 1.807) is 0 Å². The van der Waals surface area contributed by atoms with Crippen LogP contribution in [0.25, 0.3) is 0 Å². The second-order valence-corrected chi connectivity index (χ2v) is 5.91. The molecule has 21 heavy (non-hydrogen) atoms. The van der Waals surface area contributed by atoms with Crippen LogP contribution in [0, 0.1) is 13.8 Å². The summed E-state index contributed by atoms with van der Waals surface area (Å²) in [4.78, 5) is 2.26. The molecule has 0 saturated carbocycles. The van der Waals surface area contributed by atoms with Crippen molar-refractivity contribution in [1.82, 2.24) is 0 Å². The first-order valence-electron chi connectivity index (χ1n) is 7.66. The second kappa shape index (κ2) is 6.77. The van der Waals surface area contributed by atoms with E-state index < -0.39 is 0 Å². The number of rotatable bonds is 5. The highest BCUT2D eigenvalue weighted by Crippen LogP contribution is 2.29. The predicted octanol–water partition coefficient (Wildman–Crippen LogP) is 4.35. The van der Waals surface area contributed by atoms with E-state index in [0.29, 0.717) is 0 Å². The summed E-state index contributed by atoms with van der Waals surface area (Å²) in [5.41, 5.74) is 12.5. The molecule has 0 aliphatic carbocycles. The lowest BCUT2D eigenvalue weighted by Gasteiger charge is -2.24. The van der Waals surface area contributed by atoms with E-state index in [0.717, 1.165) is 12.8 Å². The smallest absolute Gasteiger partial charge is 0.0441 e. The van der Waals surface area contributed by atoms with Gasteiger partial charge < -0.3 is 10.6 Å². The summed E-state index contributed by atoms with van der Waals surface area (Å²) in [6, 6.07) is 15.4. The quantitative estimate of drug-likeness (QED) is 0.883. The summed E-state index contributed by atoms with van der Waals surface area (Å²) in [5, 5.41) is 0. The Labute approximate surface area is 128 Å². The number of anilines is 2. The lowest BCUT2D eigenvalue weighted by atomic mass is 10.0. The SMILES string of the molecule is CCC(N)Cc1ccccc1N(C)c1cc(C)cc(C)c1. The number of aryl methyl sites for hydroxylation is 2. The highest BCUT2D eigenvalue weighted by Gasteiger charge is 2.11. The molecule has 2 rings (SSSR count). The molecule has 0 radical (unpaired) electrons. The Morgan fingerprint density at radius 2 is 1.67 bits per heavy atom. The van der Waals surface area contributed by atoms with Crippen molar-refractivity contribution in [2.75, 3.05) is 11.9 Å². The molecule has 0 heterocycles. The molecule has 0 amide bonds. The average Bonchev–Trinajstić information content (AvgIpc) is 2.46. The zero-order chi connectivity index (χ0) is 15.4. The Balaban J connectivity index is 2.36. The zero-order valence-corrected chi connectivity index (χ0v) is 13.6. The van der Waals surface area contributed by atoms with Crippen molar-refractivity contribution in [2.24, 2.45) is 5.73 Å². The molecule has 2 aromatic rings. The largest absolute Gasteiger partial charge is 0.344 e. The molecule has 1 unspecified atom stereocenters. The Hall–Kier alpha value is -1.80. The lowest BCUT2D eigenvalue weighted by Crippen LogP contribution is -2.23. The topological polar surface area (TPSA) is 29.3 Å². The normalized spacial score (nSPS) is 12.2. The zero-order valence-electron chi connectivity index (χ0n) is 13.6. The van der Waals surface area contributed by atoms with Crippen LogP contribution < -0.4 is 10.6 Å². The fraction of sp³-hybridized carbons (Fsp3) is 0.368. The fourth-order valence-electron chi connectivity index (χ4n) is 2.72. The van der Waals surface area contributed by atoms with Crippen LogP contribution in [0.5, 0.6) is 0 Å². The molecule has 2 nitrogen and oxygen atoms in total. The molecule has 0 fully saturated rings. The minimum atomic E-state index is 0.221. The van der Waals surface area contributed by atoms with Crippen molar-refractivity contribution < 1.29 is 0 Å². The maximum atomic E-state index is 6.14. The van der Waals surface area contributed by atoms with Gasteiger partial charge in [0, 0.05) is 24.5 Å². The van der Waals surface area contributed by atoms with Gasteiger partial charge >= 0.3 is 0 Å². The number of benzene rings is 2. The molecule has 0 bridgehead atoms. The van der Waals surface area contributed by atoms with Crippen LogP contribution in [0.15, 0.2) is 42.5 Å². The lowest BCUT2D eigenvalue weighted by molar-refractivity contribution is 0.646. The monoisotopic (exact) mass is 282 g/mol. The molecular formula is C19H26N2. The maximum absolute atomic E-state index is 6.14. The van der Waals surface area contributed by atoms with Crippen LogP contribution in [0.1, 0.15) is 30.0 Å². The minimum absolute atomic E-state index is 0.221. The molecule has 0 spiro atoms. The average molecular weight is 282 g/mol. The van der Waals surface area contributed by atoms with E-state index in [1.165, 1.54) is 28.1 Å². The second-order valence-electron chi connectivity index (χ2n) is 5.91. The maximum Gasteiger partial charge on any atom is 0.0441 e. The van der Waals surface area contributed by atoms with E-state index in [4.69, 9.17) is 5.73 Å². The molecule has 0 aliphatic rings. The molecule has 2 N–H and O–H groups in total. The van der Waals surface area contributed by atoms with Crippen molar-refractivity contribution in [3.05, 3.63) is 59.2 Å². The Kier molecular flexibility index (Phi) is 5.03. The molecule has 0 aromatic heterocycles. The molecule has 112 valence electrons. The molecule has 2 heteroatoms. The predicted molar refractivity (Wildman–Crippen MR) is 92.4 cm³/mol. The van der Waals surface area contributed by atoms with Gasteiger partial charge in [-0.1, -0.05) is 31.2 Å². The van der Waals surface area contributed by atoms with Crippen molar-refractivity contribution in [1.29, 1.82) is 0 Å². The van der Waals surface area contributed by atoms with E-state index in [1.807, 2.05) is 0 Å². The number of hydrogen-bond donors (Lipinski definition) is 1. The van der Waals surface area contributed by atoms with Gasteiger partial charge in [0.2, 0.25) is 0 Å². The number of nitrogens with zero attached hydrogens (tertiary/aromatic N) is 1. The Morgan fingerprint density at radius 1 is 1.05 bits per heavy atom. The van der Waals surface area contributed by atoms with Gasteiger partial charge in [-0.3, -0.25) is 0 Å². The van der Waals surface area contributed by atoms with Crippen LogP contribution in [-0.4, -0.2) is 13.1 Å². The van der Waals surface area contributed by atoms with Crippen molar-refractivity contribution >= 4 is 11.4 Å². The molecular weight excluding hydrogens is 256 g/mol. The van der Waals surface area contributed by atoms with Gasteiger partial charge in [-0.2, -0.15) is 0 Å². The highest BCUT2D eigenvalue weighted by atomic mass is 15.1. The third-order valence-corrected chi connectivity index (χ3v) is 3.95. The molecule has 2 aromatic carbocycles. The summed E-state index contributed by atoms with van der Waals surface area (Å²) in [5.74, 6) is 0. The van der Waals surface area contributed by atoms with E-state index in [2.05, 4.69) is 75.2 Å². The van der Waals surface area contributed by atoms with Crippen LogP contribution in [0.3, 0.4) is 0 Å². The van der Waals surface area contributed by atoms with Gasteiger partial charge in [0.1, 0.15) is 0 Å². The third-order valence-electron chi connectivity index (χ3n) is 3.95. The summed E-state index contributed by atoms with van der Waals surface area (Å²) in [6.07, 6.45) is 1.92. The molecule has 0 aliphatic heterocycles. The number of para-hydroxylation sites is 1. The summed E-state index contributed by atoms with van der Waals surface area (Å²) in [6.45, 7) is 6.42. The molecule has 0 saturated heterocycles. The van der Waals surface area contributed by atoms with Crippen molar-refractivity contribution in [3.8, 4) is 0 Å². The standard InChI is InChI=1S/C19H26N2/c1-5-17(20)13-16-8-6-7-9-19(16)21(4)18-11-14(2)10-15(3)12-18/h6-12,17H,5,13,20H2,1-4H3.